The molecule has 2 aromatic rings. The Kier molecular flexibility index (Phi) is 7.14. The molecule has 0 saturated heterocycles. The molecule has 0 spiro atoms. The smallest absolute Gasteiger partial charge is 0.322 e. The third kappa shape index (κ3) is 6.12. The molecule has 0 fully saturated rings. The minimum Gasteiger partial charge on any atom is -0.481 e. The molecule has 28 heavy (non-hydrogen) atoms. The van der Waals surface area contributed by atoms with Crippen LogP contribution in [0.4, 0.5) is 5.69 Å². The molecule has 0 bridgehead atoms. The van der Waals surface area contributed by atoms with E-state index in [0.29, 0.717) is 22.9 Å². The topological polar surface area (TPSA) is 105 Å². The zero-order chi connectivity index (χ0) is 20.7. The highest BCUT2D eigenvalue weighted by atomic mass is 16.5. The predicted octanol–water partition coefficient (Wildman–Crippen LogP) is 3.03. The second kappa shape index (κ2) is 9.55. The van der Waals surface area contributed by atoms with Crippen LogP contribution < -0.4 is 15.4 Å². The molecule has 0 aliphatic rings. The van der Waals surface area contributed by atoms with Gasteiger partial charge >= 0.3 is 5.97 Å². The van der Waals surface area contributed by atoms with Gasteiger partial charge in [-0.1, -0.05) is 26.0 Å². The molecule has 1 unspecified atom stereocenters. The van der Waals surface area contributed by atoms with Gasteiger partial charge in [-0.2, -0.15) is 0 Å². The normalized spacial score (nSPS) is 11.6. The first-order valence-electron chi connectivity index (χ1n) is 8.94. The van der Waals surface area contributed by atoms with Gasteiger partial charge in [0.1, 0.15) is 12.3 Å². The van der Waals surface area contributed by atoms with E-state index in [0.717, 1.165) is 5.56 Å². The Hall–Kier alpha value is -3.35. The van der Waals surface area contributed by atoms with Crippen LogP contribution in [0.3, 0.4) is 0 Å². The molecule has 148 valence electrons. The summed E-state index contributed by atoms with van der Waals surface area (Å²) in [6.07, 6.45) is -0.707. The minimum atomic E-state index is -1.12. The van der Waals surface area contributed by atoms with Crippen molar-refractivity contribution < 1.29 is 24.2 Å². The minimum absolute atomic E-state index is 0.300. The van der Waals surface area contributed by atoms with E-state index in [4.69, 9.17) is 9.84 Å². The van der Waals surface area contributed by atoms with E-state index in [1.54, 1.807) is 25.1 Å². The number of carboxylic acid groups (broad SMARTS) is 1. The van der Waals surface area contributed by atoms with Gasteiger partial charge in [-0.3, -0.25) is 14.4 Å². The van der Waals surface area contributed by atoms with Gasteiger partial charge in [0, 0.05) is 11.3 Å². The maximum Gasteiger partial charge on any atom is 0.322 e. The van der Waals surface area contributed by atoms with E-state index >= 15 is 0 Å². The molecular weight excluding hydrogens is 360 g/mol. The van der Waals surface area contributed by atoms with Crippen LogP contribution in [-0.4, -0.2) is 35.5 Å². The summed E-state index contributed by atoms with van der Waals surface area (Å²) in [5.41, 5.74) is 1.93. The van der Waals surface area contributed by atoms with Crippen LogP contribution in [0.15, 0.2) is 48.5 Å². The van der Waals surface area contributed by atoms with Gasteiger partial charge in [0.25, 0.3) is 11.8 Å². The molecule has 0 heterocycles. The summed E-state index contributed by atoms with van der Waals surface area (Å²) in [4.78, 5) is 34.6. The SMILES string of the molecule is CC(Oc1cccc(C(C)C)c1)C(=O)Nc1ccc(C(=O)NCC(=O)O)cc1. The Morgan fingerprint density at radius 3 is 2.32 bits per heavy atom. The lowest BCUT2D eigenvalue weighted by Crippen LogP contribution is -2.30. The Bertz CT molecular complexity index is 846. The van der Waals surface area contributed by atoms with Gasteiger partial charge in [-0.15, -0.1) is 0 Å². The van der Waals surface area contributed by atoms with Crippen LogP contribution in [-0.2, 0) is 9.59 Å². The molecule has 2 rings (SSSR count). The molecule has 3 N–H and O–H groups in total. The van der Waals surface area contributed by atoms with Gasteiger partial charge in [0.05, 0.1) is 0 Å². The van der Waals surface area contributed by atoms with E-state index in [2.05, 4.69) is 24.5 Å². The van der Waals surface area contributed by atoms with Crippen LogP contribution in [0.2, 0.25) is 0 Å². The fourth-order valence-electron chi connectivity index (χ4n) is 2.41. The molecule has 0 aliphatic carbocycles. The van der Waals surface area contributed by atoms with Gasteiger partial charge in [-0.05, 0) is 54.8 Å². The lowest BCUT2D eigenvalue weighted by molar-refractivity contribution is -0.135. The Morgan fingerprint density at radius 1 is 1.04 bits per heavy atom. The van der Waals surface area contributed by atoms with Crippen molar-refractivity contribution in [1.29, 1.82) is 0 Å². The summed E-state index contributed by atoms with van der Waals surface area (Å²) in [5.74, 6) is -0.955. The summed E-state index contributed by atoms with van der Waals surface area (Å²) in [6.45, 7) is 5.37. The lowest BCUT2D eigenvalue weighted by Gasteiger charge is -2.16. The highest BCUT2D eigenvalue weighted by Crippen LogP contribution is 2.21. The molecule has 1 atom stereocenters. The Morgan fingerprint density at radius 2 is 1.71 bits per heavy atom. The summed E-state index contributed by atoms with van der Waals surface area (Å²) in [5, 5.41) is 13.6. The molecular formula is C21H24N2O5. The number of anilines is 1. The highest BCUT2D eigenvalue weighted by molar-refractivity contribution is 5.97. The highest BCUT2D eigenvalue weighted by Gasteiger charge is 2.16. The maximum atomic E-state index is 12.4. The second-order valence-electron chi connectivity index (χ2n) is 6.63. The van der Waals surface area contributed by atoms with Crippen molar-refractivity contribution in [3.63, 3.8) is 0 Å². The first-order chi connectivity index (χ1) is 13.3. The molecule has 2 aromatic carbocycles. The standard InChI is InChI=1S/C21H24N2O5/c1-13(2)16-5-4-6-18(11-16)28-14(3)20(26)23-17-9-7-15(8-10-17)21(27)22-12-19(24)25/h4-11,13-14H,12H2,1-3H3,(H,22,27)(H,23,26)(H,24,25). The van der Waals surface area contributed by atoms with Crippen molar-refractivity contribution in [2.24, 2.45) is 0 Å². The van der Waals surface area contributed by atoms with E-state index in [9.17, 15) is 14.4 Å². The number of benzene rings is 2. The number of carbonyl (C=O) groups is 3. The molecule has 7 heteroatoms. The molecule has 0 aromatic heterocycles. The monoisotopic (exact) mass is 384 g/mol. The summed E-state index contributed by atoms with van der Waals surface area (Å²) in [7, 11) is 0. The molecule has 7 nitrogen and oxygen atoms in total. The van der Waals surface area contributed by atoms with Gasteiger partial charge < -0.3 is 20.5 Å². The molecule has 0 radical (unpaired) electrons. The number of aliphatic carboxylic acids is 1. The van der Waals surface area contributed by atoms with Crippen molar-refractivity contribution in [3.05, 3.63) is 59.7 Å². The number of carboxylic acids is 1. The summed E-state index contributed by atoms with van der Waals surface area (Å²) < 4.78 is 5.72. The van der Waals surface area contributed by atoms with Crippen molar-refractivity contribution in [2.75, 3.05) is 11.9 Å². The van der Waals surface area contributed by atoms with E-state index < -0.39 is 24.5 Å². The fourth-order valence-corrected chi connectivity index (χ4v) is 2.41. The second-order valence-corrected chi connectivity index (χ2v) is 6.63. The van der Waals surface area contributed by atoms with Crippen molar-refractivity contribution >= 4 is 23.5 Å². The zero-order valence-electron chi connectivity index (χ0n) is 16.1. The number of carbonyl (C=O) groups excluding carboxylic acids is 2. The van der Waals surface area contributed by atoms with Crippen LogP contribution in [0.1, 0.15) is 42.6 Å². The lowest BCUT2D eigenvalue weighted by atomic mass is 10.0. The third-order valence-electron chi connectivity index (χ3n) is 4.02. The summed E-state index contributed by atoms with van der Waals surface area (Å²) in [6, 6.07) is 13.8. The first kappa shape index (κ1) is 21.0. The fraction of sp³-hybridized carbons (Fsp3) is 0.286. The molecule has 2 amide bonds. The van der Waals surface area contributed by atoms with Crippen LogP contribution >= 0.6 is 0 Å². The number of ether oxygens (including phenoxy) is 1. The van der Waals surface area contributed by atoms with Crippen LogP contribution in [0.5, 0.6) is 5.75 Å². The number of amides is 2. The number of nitrogens with one attached hydrogen (secondary N) is 2. The number of hydrogen-bond acceptors (Lipinski definition) is 4. The number of hydrogen-bond donors (Lipinski definition) is 3. The first-order valence-corrected chi connectivity index (χ1v) is 8.94. The molecule has 0 aliphatic heterocycles. The number of rotatable bonds is 8. The van der Waals surface area contributed by atoms with Gasteiger partial charge in [-0.25, -0.2) is 0 Å². The largest absolute Gasteiger partial charge is 0.481 e. The zero-order valence-corrected chi connectivity index (χ0v) is 16.1. The van der Waals surface area contributed by atoms with Gasteiger partial charge in [0.2, 0.25) is 0 Å². The van der Waals surface area contributed by atoms with E-state index in [1.807, 2.05) is 18.2 Å². The average molecular weight is 384 g/mol. The Labute approximate surface area is 163 Å². The quantitative estimate of drug-likeness (QED) is 0.649. The summed E-state index contributed by atoms with van der Waals surface area (Å²) >= 11 is 0. The van der Waals surface area contributed by atoms with E-state index in [-0.39, 0.29) is 5.91 Å². The molecule has 0 saturated carbocycles. The average Bonchev–Trinajstić information content (AvgIpc) is 2.66. The van der Waals surface area contributed by atoms with Crippen molar-refractivity contribution in [3.8, 4) is 5.75 Å². The van der Waals surface area contributed by atoms with E-state index in [1.165, 1.54) is 12.1 Å². The van der Waals surface area contributed by atoms with Crippen LogP contribution in [0.25, 0.3) is 0 Å². The van der Waals surface area contributed by atoms with Crippen LogP contribution in [0, 0.1) is 0 Å². The maximum absolute atomic E-state index is 12.4. The Balaban J connectivity index is 1.93. The third-order valence-corrected chi connectivity index (χ3v) is 4.02. The predicted molar refractivity (Wildman–Crippen MR) is 106 cm³/mol. The van der Waals surface area contributed by atoms with Crippen molar-refractivity contribution in [2.45, 2.75) is 32.8 Å². The van der Waals surface area contributed by atoms with Gasteiger partial charge in [0.15, 0.2) is 6.10 Å². The van der Waals surface area contributed by atoms with Crippen molar-refractivity contribution in [1.82, 2.24) is 5.32 Å².